The molecule has 1 aromatic carbocycles. The predicted octanol–water partition coefficient (Wildman–Crippen LogP) is 1.63. The number of nitrogens with zero attached hydrogens (tertiary/aromatic N) is 1. The van der Waals surface area contributed by atoms with Gasteiger partial charge in [-0.2, -0.15) is 0 Å². The number of amides is 1. The van der Waals surface area contributed by atoms with Gasteiger partial charge in [0.05, 0.1) is 5.92 Å². The van der Waals surface area contributed by atoms with Crippen LogP contribution in [0.2, 0.25) is 0 Å². The molecule has 1 aliphatic rings. The maximum atomic E-state index is 12.3. The first-order valence-corrected chi connectivity index (χ1v) is 6.17. The molecule has 3 heteroatoms. The first-order valence-electron chi connectivity index (χ1n) is 6.17. The zero-order valence-corrected chi connectivity index (χ0v) is 10.2. The lowest BCUT2D eigenvalue weighted by atomic mass is 10.00. The van der Waals surface area contributed by atoms with Gasteiger partial charge >= 0.3 is 0 Å². The Morgan fingerprint density at radius 3 is 2.76 bits per heavy atom. The summed E-state index contributed by atoms with van der Waals surface area (Å²) >= 11 is 0. The normalized spacial score (nSPS) is 21.5. The van der Waals surface area contributed by atoms with Crippen molar-refractivity contribution in [1.29, 1.82) is 0 Å². The molecule has 0 aliphatic carbocycles. The van der Waals surface area contributed by atoms with Crippen LogP contribution >= 0.6 is 0 Å². The predicted molar refractivity (Wildman–Crippen MR) is 66.6 cm³/mol. The Balaban J connectivity index is 2.01. The van der Waals surface area contributed by atoms with Crippen molar-refractivity contribution in [2.24, 2.45) is 5.92 Å². The molecule has 1 heterocycles. The van der Waals surface area contributed by atoms with Crippen molar-refractivity contribution in [3.63, 3.8) is 0 Å². The van der Waals surface area contributed by atoms with Crippen molar-refractivity contribution in [1.82, 2.24) is 4.90 Å². The summed E-state index contributed by atoms with van der Waals surface area (Å²) in [5, 5.41) is 9.08. The van der Waals surface area contributed by atoms with Crippen LogP contribution in [0.5, 0.6) is 0 Å². The summed E-state index contributed by atoms with van der Waals surface area (Å²) in [6.45, 7) is 3.61. The Hall–Kier alpha value is -1.35. The Morgan fingerprint density at radius 2 is 2.18 bits per heavy atom. The number of hydrogen-bond donors (Lipinski definition) is 1. The van der Waals surface area contributed by atoms with E-state index < -0.39 is 0 Å². The highest BCUT2D eigenvalue weighted by molar-refractivity contribution is 5.83. The lowest BCUT2D eigenvalue weighted by Gasteiger charge is -2.21. The molecular weight excluding hydrogens is 214 g/mol. The maximum absolute atomic E-state index is 12.3. The molecule has 0 bridgehead atoms. The molecule has 2 atom stereocenters. The molecule has 17 heavy (non-hydrogen) atoms. The van der Waals surface area contributed by atoms with Crippen LogP contribution in [0.4, 0.5) is 0 Å². The van der Waals surface area contributed by atoms with Gasteiger partial charge in [0, 0.05) is 25.6 Å². The van der Waals surface area contributed by atoms with E-state index in [1.165, 1.54) is 0 Å². The number of aliphatic hydroxyl groups is 1. The molecule has 92 valence electrons. The van der Waals surface area contributed by atoms with Gasteiger partial charge in [-0.1, -0.05) is 30.3 Å². The van der Waals surface area contributed by atoms with Crippen LogP contribution in [0.1, 0.15) is 24.8 Å². The molecule has 0 unspecified atom stereocenters. The van der Waals surface area contributed by atoms with Gasteiger partial charge in [-0.05, 0) is 18.9 Å². The highest BCUT2D eigenvalue weighted by atomic mass is 16.3. The molecule has 0 aromatic heterocycles. The monoisotopic (exact) mass is 233 g/mol. The van der Waals surface area contributed by atoms with Gasteiger partial charge in [0.2, 0.25) is 5.91 Å². The van der Waals surface area contributed by atoms with Crippen molar-refractivity contribution in [2.45, 2.75) is 19.3 Å². The van der Waals surface area contributed by atoms with Gasteiger partial charge < -0.3 is 10.0 Å². The van der Waals surface area contributed by atoms with Crippen LogP contribution in [0.25, 0.3) is 0 Å². The lowest BCUT2D eigenvalue weighted by Crippen LogP contribution is -2.32. The summed E-state index contributed by atoms with van der Waals surface area (Å²) in [6, 6.07) is 9.85. The van der Waals surface area contributed by atoms with Crippen LogP contribution in [0.3, 0.4) is 0 Å². The molecule has 1 N–H and O–H groups in total. The molecule has 1 saturated heterocycles. The Bertz CT molecular complexity index is 377. The molecule has 0 spiro atoms. The molecule has 3 nitrogen and oxygen atoms in total. The summed E-state index contributed by atoms with van der Waals surface area (Å²) in [7, 11) is 0. The van der Waals surface area contributed by atoms with E-state index in [0.717, 1.165) is 18.5 Å². The Kier molecular flexibility index (Phi) is 3.79. The van der Waals surface area contributed by atoms with E-state index in [2.05, 4.69) is 0 Å². The van der Waals surface area contributed by atoms with Gasteiger partial charge in [-0.25, -0.2) is 0 Å². The van der Waals surface area contributed by atoms with Gasteiger partial charge in [0.15, 0.2) is 0 Å². The number of aliphatic hydroxyl groups excluding tert-OH is 1. The fraction of sp³-hybridized carbons (Fsp3) is 0.500. The van der Waals surface area contributed by atoms with E-state index in [1.54, 1.807) is 0 Å². The van der Waals surface area contributed by atoms with Crippen molar-refractivity contribution in [2.75, 3.05) is 19.7 Å². The van der Waals surface area contributed by atoms with Crippen molar-refractivity contribution >= 4 is 5.91 Å². The minimum Gasteiger partial charge on any atom is -0.396 e. The number of likely N-dealkylation sites (tertiary alicyclic amines) is 1. The lowest BCUT2D eigenvalue weighted by molar-refractivity contribution is -0.131. The standard InChI is InChI=1S/C14H19NO2/c1-11(13-5-3-2-4-6-13)14(17)15-8-7-12(9-15)10-16/h2-6,11-12,16H,7-10H2,1H3/t11-,12-/m0/s1. The average Bonchev–Trinajstić information content (AvgIpc) is 2.87. The Labute approximate surface area is 102 Å². The smallest absolute Gasteiger partial charge is 0.229 e. The van der Waals surface area contributed by atoms with E-state index in [9.17, 15) is 4.79 Å². The highest BCUT2D eigenvalue weighted by Crippen LogP contribution is 2.22. The van der Waals surface area contributed by atoms with Gasteiger partial charge in [-0.3, -0.25) is 4.79 Å². The third kappa shape index (κ3) is 2.67. The Morgan fingerprint density at radius 1 is 1.47 bits per heavy atom. The zero-order chi connectivity index (χ0) is 12.3. The van der Waals surface area contributed by atoms with Crippen molar-refractivity contribution in [3.8, 4) is 0 Å². The molecule has 1 fully saturated rings. The number of carbonyl (C=O) groups excluding carboxylic acids is 1. The zero-order valence-electron chi connectivity index (χ0n) is 10.2. The molecule has 1 amide bonds. The molecule has 0 radical (unpaired) electrons. The second-order valence-corrected chi connectivity index (χ2v) is 4.75. The third-order valence-corrected chi connectivity index (χ3v) is 3.53. The first-order chi connectivity index (χ1) is 8.22. The van der Waals surface area contributed by atoms with E-state index in [0.29, 0.717) is 6.54 Å². The summed E-state index contributed by atoms with van der Waals surface area (Å²) < 4.78 is 0. The third-order valence-electron chi connectivity index (χ3n) is 3.53. The van der Waals surface area contributed by atoms with E-state index in [1.807, 2.05) is 42.2 Å². The van der Waals surface area contributed by atoms with E-state index >= 15 is 0 Å². The topological polar surface area (TPSA) is 40.5 Å². The summed E-state index contributed by atoms with van der Waals surface area (Å²) in [5.41, 5.74) is 1.06. The second kappa shape index (κ2) is 5.32. The molecule has 0 saturated carbocycles. The van der Waals surface area contributed by atoms with Crippen LogP contribution in [-0.4, -0.2) is 35.6 Å². The average molecular weight is 233 g/mol. The van der Waals surface area contributed by atoms with Crippen molar-refractivity contribution < 1.29 is 9.90 Å². The number of hydrogen-bond acceptors (Lipinski definition) is 2. The van der Waals surface area contributed by atoms with Crippen LogP contribution in [0, 0.1) is 5.92 Å². The molecule has 2 rings (SSSR count). The van der Waals surface area contributed by atoms with Gasteiger partial charge in [0.25, 0.3) is 0 Å². The summed E-state index contributed by atoms with van der Waals surface area (Å²) in [6.07, 6.45) is 0.920. The van der Waals surface area contributed by atoms with Crippen LogP contribution < -0.4 is 0 Å². The number of carbonyl (C=O) groups is 1. The maximum Gasteiger partial charge on any atom is 0.229 e. The van der Waals surface area contributed by atoms with Crippen LogP contribution in [-0.2, 0) is 4.79 Å². The summed E-state index contributed by atoms with van der Waals surface area (Å²) in [5.74, 6) is 0.350. The fourth-order valence-corrected chi connectivity index (χ4v) is 2.34. The van der Waals surface area contributed by atoms with Gasteiger partial charge in [0.1, 0.15) is 0 Å². The van der Waals surface area contributed by atoms with Gasteiger partial charge in [-0.15, -0.1) is 0 Å². The second-order valence-electron chi connectivity index (χ2n) is 4.75. The largest absolute Gasteiger partial charge is 0.396 e. The van der Waals surface area contributed by atoms with Crippen molar-refractivity contribution in [3.05, 3.63) is 35.9 Å². The van der Waals surface area contributed by atoms with E-state index in [4.69, 9.17) is 5.11 Å². The fourth-order valence-electron chi connectivity index (χ4n) is 2.34. The van der Waals surface area contributed by atoms with Crippen LogP contribution in [0.15, 0.2) is 30.3 Å². The minimum absolute atomic E-state index is 0.0892. The first kappa shape index (κ1) is 12.1. The SMILES string of the molecule is C[C@H](C(=O)N1CC[C@H](CO)C1)c1ccccc1. The summed E-state index contributed by atoms with van der Waals surface area (Å²) in [4.78, 5) is 14.1. The molecule has 1 aromatic rings. The molecule has 1 aliphatic heterocycles. The van der Waals surface area contributed by atoms with E-state index in [-0.39, 0.29) is 24.3 Å². The minimum atomic E-state index is -0.0892. The number of rotatable bonds is 3. The molecular formula is C14H19NO2. The highest BCUT2D eigenvalue weighted by Gasteiger charge is 2.28. The quantitative estimate of drug-likeness (QED) is 0.862. The number of benzene rings is 1.